The van der Waals surface area contributed by atoms with Gasteiger partial charge in [-0.2, -0.15) is 0 Å². The van der Waals surface area contributed by atoms with E-state index < -0.39 is 0 Å². The van der Waals surface area contributed by atoms with Gasteiger partial charge in [0.2, 0.25) is 0 Å². The summed E-state index contributed by atoms with van der Waals surface area (Å²) >= 11 is 1.61. The molecule has 2 aliphatic heterocycles. The van der Waals surface area contributed by atoms with Crippen LogP contribution in [0.2, 0.25) is 0 Å². The first-order valence-electron chi connectivity index (χ1n) is 8.07. The summed E-state index contributed by atoms with van der Waals surface area (Å²) in [5.74, 6) is 6.66. The lowest BCUT2D eigenvalue weighted by atomic mass is 9.97. The van der Waals surface area contributed by atoms with Crippen LogP contribution in [0.25, 0.3) is 10.1 Å². The average molecular weight is 325 g/mol. The van der Waals surface area contributed by atoms with Crippen molar-refractivity contribution in [1.29, 1.82) is 0 Å². The van der Waals surface area contributed by atoms with Crippen molar-refractivity contribution in [2.24, 2.45) is 5.92 Å². The Balaban J connectivity index is 1.51. The minimum atomic E-state index is -0.0593. The van der Waals surface area contributed by atoms with E-state index in [1.54, 1.807) is 17.5 Å². The average Bonchev–Trinajstić information content (AvgIpc) is 3.09. The highest BCUT2D eigenvalue weighted by Crippen LogP contribution is 2.27. The molecule has 3 atom stereocenters. The van der Waals surface area contributed by atoms with Gasteiger partial charge >= 0.3 is 0 Å². The number of nitrogens with one attached hydrogen (secondary N) is 1. The lowest BCUT2D eigenvalue weighted by Crippen LogP contribution is -2.47. The smallest absolute Gasteiger partial charge is 0.270 e. The Kier molecular flexibility index (Phi) is 3.80. The number of fused-ring (bicyclic) bond motifs is 3. The first kappa shape index (κ1) is 14.7. The van der Waals surface area contributed by atoms with Crippen LogP contribution in [-0.2, 0) is 0 Å². The highest BCUT2D eigenvalue weighted by Gasteiger charge is 2.33. The molecule has 0 radical (unpaired) electrons. The van der Waals surface area contributed by atoms with E-state index in [9.17, 15) is 4.79 Å². The number of thiophene rings is 1. The Morgan fingerprint density at radius 1 is 1.43 bits per heavy atom. The van der Waals surface area contributed by atoms with Gasteiger partial charge in [-0.05, 0) is 44.4 Å². The summed E-state index contributed by atoms with van der Waals surface area (Å²) in [6, 6.07) is 4.16. The second-order valence-corrected chi connectivity index (χ2v) is 7.50. The molecule has 1 unspecified atom stereocenters. The van der Waals surface area contributed by atoms with E-state index in [1.165, 1.54) is 19.5 Å². The summed E-state index contributed by atoms with van der Waals surface area (Å²) < 4.78 is 1.07. The van der Waals surface area contributed by atoms with Crippen LogP contribution >= 0.6 is 11.3 Å². The number of rotatable bonds is 2. The zero-order valence-corrected chi connectivity index (χ0v) is 13.9. The molecule has 2 aromatic heterocycles. The maximum absolute atomic E-state index is 12.5. The van der Waals surface area contributed by atoms with Crippen molar-refractivity contribution >= 4 is 27.3 Å². The van der Waals surface area contributed by atoms with Gasteiger partial charge in [-0.15, -0.1) is 17.3 Å². The van der Waals surface area contributed by atoms with E-state index in [1.807, 2.05) is 19.1 Å². The maximum atomic E-state index is 12.5. The predicted molar refractivity (Wildman–Crippen MR) is 92.6 cm³/mol. The molecule has 2 saturated heterocycles. The van der Waals surface area contributed by atoms with Crippen molar-refractivity contribution in [3.8, 4) is 11.8 Å². The van der Waals surface area contributed by atoms with Gasteiger partial charge in [0.05, 0.1) is 4.88 Å². The number of aromatic nitrogens is 1. The second kappa shape index (κ2) is 5.95. The van der Waals surface area contributed by atoms with Crippen LogP contribution in [0.1, 0.15) is 35.1 Å². The molecule has 5 heteroatoms. The van der Waals surface area contributed by atoms with Gasteiger partial charge in [-0.1, -0.05) is 5.92 Å². The van der Waals surface area contributed by atoms with Gasteiger partial charge in [0.1, 0.15) is 5.69 Å². The molecule has 4 nitrogen and oxygen atoms in total. The second-order valence-electron chi connectivity index (χ2n) is 6.41. The highest BCUT2D eigenvalue weighted by molar-refractivity contribution is 7.19. The molecular formula is C18H19N3OS. The Morgan fingerprint density at radius 3 is 3.17 bits per heavy atom. The molecule has 118 valence electrons. The number of piperidine rings is 1. The fourth-order valence-corrected chi connectivity index (χ4v) is 4.64. The molecule has 2 fully saturated rings. The van der Waals surface area contributed by atoms with Crippen molar-refractivity contribution < 1.29 is 4.79 Å². The fraction of sp³-hybridized carbons (Fsp3) is 0.444. The number of nitrogens with zero attached hydrogens (tertiary/aromatic N) is 2. The molecule has 4 rings (SSSR count). The van der Waals surface area contributed by atoms with Crippen LogP contribution < -0.4 is 5.32 Å². The van der Waals surface area contributed by atoms with Gasteiger partial charge in [-0.3, -0.25) is 9.78 Å². The predicted octanol–water partition coefficient (Wildman–Crippen LogP) is 2.49. The molecule has 2 bridgehead atoms. The zero-order chi connectivity index (χ0) is 15.8. The lowest BCUT2D eigenvalue weighted by molar-refractivity contribution is 0.0904. The van der Waals surface area contributed by atoms with Gasteiger partial charge < -0.3 is 10.2 Å². The number of pyridine rings is 1. The fourth-order valence-electron chi connectivity index (χ4n) is 3.67. The quantitative estimate of drug-likeness (QED) is 0.863. The third kappa shape index (κ3) is 2.97. The van der Waals surface area contributed by atoms with E-state index in [-0.39, 0.29) is 11.9 Å². The van der Waals surface area contributed by atoms with E-state index in [0.29, 0.717) is 5.69 Å². The number of carbonyl (C=O) groups is 1. The molecule has 2 aliphatic rings. The summed E-state index contributed by atoms with van der Waals surface area (Å²) in [5, 5.41) is 4.21. The molecule has 1 amide bonds. The van der Waals surface area contributed by atoms with Crippen LogP contribution in [0.4, 0.5) is 0 Å². The molecule has 0 aromatic carbocycles. The molecule has 4 heterocycles. The first-order chi connectivity index (χ1) is 11.2. The molecule has 2 aromatic rings. The monoisotopic (exact) mass is 325 g/mol. The summed E-state index contributed by atoms with van der Waals surface area (Å²) in [7, 11) is 0. The van der Waals surface area contributed by atoms with Gasteiger partial charge in [0.15, 0.2) is 0 Å². The van der Waals surface area contributed by atoms with Crippen LogP contribution in [0.3, 0.4) is 0 Å². The molecule has 23 heavy (non-hydrogen) atoms. The number of hydrogen-bond donors (Lipinski definition) is 1. The van der Waals surface area contributed by atoms with Gasteiger partial charge in [0.25, 0.3) is 5.91 Å². The van der Waals surface area contributed by atoms with Crippen molar-refractivity contribution in [3.05, 3.63) is 28.9 Å². The van der Waals surface area contributed by atoms with E-state index >= 15 is 0 Å². The van der Waals surface area contributed by atoms with E-state index in [2.05, 4.69) is 27.0 Å². The molecule has 1 N–H and O–H groups in total. The standard InChI is InChI=1S/C18H19N3OS/c1-2-3-15-7-13-9-19-16(8-17(13)23-15)18(22)20-14-6-12-4-5-21(10-12)11-14/h7-9,12,14H,4-6,10-11H2,1H3,(H,20,22)/t12-,14+/m0/s1. The maximum Gasteiger partial charge on any atom is 0.270 e. The van der Waals surface area contributed by atoms with Crippen LogP contribution in [-0.4, -0.2) is 41.5 Å². The highest BCUT2D eigenvalue weighted by atomic mass is 32.1. The third-order valence-corrected chi connectivity index (χ3v) is 5.70. The third-order valence-electron chi connectivity index (χ3n) is 4.68. The van der Waals surface area contributed by atoms with Crippen LogP contribution in [0.15, 0.2) is 18.3 Å². The Bertz CT molecular complexity index is 805. The van der Waals surface area contributed by atoms with Crippen molar-refractivity contribution in [2.45, 2.75) is 25.8 Å². The minimum absolute atomic E-state index is 0.0593. The molecular weight excluding hydrogens is 306 g/mol. The van der Waals surface area contributed by atoms with Gasteiger partial charge in [-0.25, -0.2) is 0 Å². The normalized spacial score (nSPS) is 25.9. The SMILES string of the molecule is CC#Cc1cc2cnc(C(=O)N[C@@H]3C[C@@H]4CCN(C4)C3)cc2s1. The number of hydrogen-bond acceptors (Lipinski definition) is 4. The minimum Gasteiger partial charge on any atom is -0.347 e. The summed E-state index contributed by atoms with van der Waals surface area (Å²) in [5.41, 5.74) is 0.503. The van der Waals surface area contributed by atoms with Crippen LogP contribution in [0, 0.1) is 17.8 Å². The largest absolute Gasteiger partial charge is 0.347 e. The number of amides is 1. The van der Waals surface area contributed by atoms with Crippen molar-refractivity contribution in [3.63, 3.8) is 0 Å². The van der Waals surface area contributed by atoms with Crippen LogP contribution in [0.5, 0.6) is 0 Å². The van der Waals surface area contributed by atoms with Gasteiger partial charge in [0, 0.05) is 35.4 Å². The Morgan fingerprint density at radius 2 is 2.35 bits per heavy atom. The zero-order valence-electron chi connectivity index (χ0n) is 13.1. The lowest BCUT2D eigenvalue weighted by Gasteiger charge is -2.30. The summed E-state index contributed by atoms with van der Waals surface area (Å²) in [6.45, 7) is 5.18. The topological polar surface area (TPSA) is 45.2 Å². The number of carbonyl (C=O) groups excluding carboxylic acids is 1. The van der Waals surface area contributed by atoms with E-state index in [4.69, 9.17) is 0 Å². The summed E-state index contributed by atoms with van der Waals surface area (Å²) in [4.78, 5) is 20.3. The Labute approximate surface area is 139 Å². The Hall–Kier alpha value is -1.90. The van der Waals surface area contributed by atoms with Crippen molar-refractivity contribution in [1.82, 2.24) is 15.2 Å². The van der Waals surface area contributed by atoms with E-state index in [0.717, 1.165) is 33.8 Å². The molecule has 0 aliphatic carbocycles. The molecule has 0 spiro atoms. The molecule has 0 saturated carbocycles. The summed E-state index contributed by atoms with van der Waals surface area (Å²) in [6.07, 6.45) is 4.14. The first-order valence-corrected chi connectivity index (χ1v) is 8.88. The van der Waals surface area contributed by atoms with Crippen molar-refractivity contribution in [2.75, 3.05) is 19.6 Å².